The SMILES string of the molecule is CCc1cnc(C2=NC(C)(C(C)C)C(=O)N2)c(C(=O)O)c1.COC(=O)N(OC)c1ccccc1COc1ccn(-c2ccc(Cl)cc2)n1.O=C(O)CNCP(=O)(O)O. The number of aromatic nitrogens is 3. The van der Waals surface area contributed by atoms with Gasteiger partial charge in [-0.15, -0.1) is 5.10 Å². The molecule has 1 aliphatic heterocycles. The summed E-state index contributed by atoms with van der Waals surface area (Å²) >= 11 is 5.91. The van der Waals surface area contributed by atoms with Gasteiger partial charge in [-0.05, 0) is 61.2 Å². The van der Waals surface area contributed by atoms with Crippen molar-refractivity contribution in [3.63, 3.8) is 0 Å². The molecule has 1 atom stereocenters. The van der Waals surface area contributed by atoms with Crippen molar-refractivity contribution >= 4 is 54.7 Å². The Hall–Kier alpha value is -5.69. The second-order valence-electron chi connectivity index (χ2n) is 12.7. The monoisotopic (exact) mass is 845 g/mol. The zero-order valence-corrected chi connectivity index (χ0v) is 34.1. The second-order valence-corrected chi connectivity index (χ2v) is 14.8. The molecule has 3 heterocycles. The molecule has 0 bridgehead atoms. The number of aliphatic imine (C=N–C) groups is 1. The van der Waals surface area contributed by atoms with Gasteiger partial charge in [0.2, 0.25) is 5.88 Å². The molecule has 0 radical (unpaired) electrons. The van der Waals surface area contributed by atoms with Gasteiger partial charge in [0.25, 0.3) is 5.91 Å². The van der Waals surface area contributed by atoms with E-state index in [1.807, 2.05) is 45.0 Å². The van der Waals surface area contributed by atoms with Gasteiger partial charge in [0, 0.05) is 29.0 Å². The fourth-order valence-corrected chi connectivity index (χ4v) is 5.40. The average Bonchev–Trinajstić information content (AvgIpc) is 3.78. The molecule has 2 amide bonds. The van der Waals surface area contributed by atoms with Gasteiger partial charge in [0.05, 0.1) is 44.0 Å². The first-order valence-electron chi connectivity index (χ1n) is 17.4. The van der Waals surface area contributed by atoms with Crippen LogP contribution in [-0.4, -0.2) is 97.1 Å². The van der Waals surface area contributed by atoms with E-state index in [4.69, 9.17) is 40.8 Å². The lowest BCUT2D eigenvalue weighted by molar-refractivity contribution is -0.135. The first kappa shape index (κ1) is 46.7. The fraction of sp³-hybridized carbons (Fsp3) is 0.324. The lowest BCUT2D eigenvalue weighted by Gasteiger charge is -2.21. The number of carboxylic acids is 2. The van der Waals surface area contributed by atoms with Gasteiger partial charge in [0.1, 0.15) is 17.8 Å². The van der Waals surface area contributed by atoms with Crippen molar-refractivity contribution in [1.29, 1.82) is 0 Å². The fourth-order valence-electron chi connectivity index (χ4n) is 4.87. The Morgan fingerprint density at radius 1 is 1.07 bits per heavy atom. The minimum absolute atomic E-state index is 0.00167. The number of carboxylic acid groups (broad SMARTS) is 2. The van der Waals surface area contributed by atoms with E-state index in [0.717, 1.165) is 21.9 Å². The first-order chi connectivity index (χ1) is 27.3. The Bertz CT molecular complexity index is 2140. The third-order valence-corrected chi connectivity index (χ3v) is 9.21. The molecule has 2 aromatic heterocycles. The summed E-state index contributed by atoms with van der Waals surface area (Å²) in [6.45, 7) is 7.22. The Morgan fingerprint density at radius 2 is 1.74 bits per heavy atom. The first-order valence-corrected chi connectivity index (χ1v) is 19.6. The lowest BCUT2D eigenvalue weighted by Crippen LogP contribution is -2.41. The number of amidine groups is 1. The number of methoxy groups -OCH3 is 1. The number of anilines is 1. The molecular weight excluding hydrogens is 801 g/mol. The number of amides is 2. The number of carbonyl (C=O) groups is 4. The summed E-state index contributed by atoms with van der Waals surface area (Å²) in [4.78, 5) is 75.3. The van der Waals surface area contributed by atoms with Crippen LogP contribution in [0.25, 0.3) is 5.69 Å². The van der Waals surface area contributed by atoms with E-state index in [0.29, 0.717) is 23.0 Å². The number of halogens is 1. The number of ether oxygens (including phenoxy) is 2. The van der Waals surface area contributed by atoms with Gasteiger partial charge >= 0.3 is 25.6 Å². The number of aromatic carboxylic acids is 1. The summed E-state index contributed by atoms with van der Waals surface area (Å²) in [5, 5.41) is 28.2. The molecule has 0 fully saturated rings. The van der Waals surface area contributed by atoms with Gasteiger partial charge in [-0.1, -0.05) is 50.6 Å². The molecule has 19 nitrogen and oxygen atoms in total. The van der Waals surface area contributed by atoms with Gasteiger partial charge in [-0.3, -0.25) is 29.3 Å². The molecule has 0 saturated carbocycles. The summed E-state index contributed by atoms with van der Waals surface area (Å²) in [6, 6.07) is 17.9. The number of nitrogens with zero attached hydrogens (tertiary/aromatic N) is 5. The van der Waals surface area contributed by atoms with Crippen molar-refractivity contribution < 1.29 is 58.1 Å². The van der Waals surface area contributed by atoms with E-state index in [2.05, 4.69) is 25.7 Å². The average molecular weight is 846 g/mol. The number of para-hydroxylation sites is 1. The number of rotatable bonds is 14. The molecule has 58 heavy (non-hydrogen) atoms. The van der Waals surface area contributed by atoms with Gasteiger partial charge < -0.3 is 34.8 Å². The molecule has 4 aromatic rings. The number of aryl methyl sites for hydroxylation is 1. The number of carbonyl (C=O) groups excluding carboxylic acids is 2. The van der Waals surface area contributed by atoms with Crippen LogP contribution in [0.15, 0.2) is 78.0 Å². The third-order valence-electron chi connectivity index (χ3n) is 8.33. The van der Waals surface area contributed by atoms with Gasteiger partial charge in [-0.2, -0.15) is 5.06 Å². The quantitative estimate of drug-likeness (QED) is 0.0744. The molecule has 0 aliphatic carbocycles. The van der Waals surface area contributed by atoms with E-state index in [9.17, 15) is 28.8 Å². The second kappa shape index (κ2) is 21.2. The molecule has 6 N–H and O–H groups in total. The largest absolute Gasteiger partial charge is 0.480 e. The van der Waals surface area contributed by atoms with E-state index in [1.54, 1.807) is 60.4 Å². The van der Waals surface area contributed by atoms with Crippen LogP contribution >= 0.6 is 19.2 Å². The topological polar surface area (TPSA) is 264 Å². The van der Waals surface area contributed by atoms with Crippen molar-refractivity contribution in [1.82, 2.24) is 25.4 Å². The van der Waals surface area contributed by atoms with E-state index in [1.165, 1.54) is 14.2 Å². The van der Waals surface area contributed by atoms with Crippen LogP contribution in [-0.2, 0) is 36.8 Å². The molecule has 0 spiro atoms. The molecule has 1 unspecified atom stereocenters. The van der Waals surface area contributed by atoms with Crippen molar-refractivity contribution in [3.8, 4) is 11.6 Å². The van der Waals surface area contributed by atoms with Crippen LogP contribution in [0.1, 0.15) is 54.9 Å². The maximum atomic E-state index is 12.1. The van der Waals surface area contributed by atoms with E-state index in [-0.39, 0.29) is 35.5 Å². The predicted octanol–water partition coefficient (Wildman–Crippen LogP) is 4.67. The molecule has 21 heteroatoms. The molecule has 312 valence electrons. The van der Waals surface area contributed by atoms with E-state index >= 15 is 0 Å². The number of hydrogen-bond donors (Lipinski definition) is 6. The van der Waals surface area contributed by atoms with Crippen molar-refractivity contribution in [3.05, 3.63) is 100 Å². The number of benzene rings is 2. The van der Waals surface area contributed by atoms with Crippen LogP contribution in [0.5, 0.6) is 5.88 Å². The normalized spacial score (nSPS) is 14.6. The molecule has 2 aromatic carbocycles. The Labute approximate surface area is 338 Å². The minimum Gasteiger partial charge on any atom is -0.480 e. The highest BCUT2D eigenvalue weighted by Crippen LogP contribution is 2.32. The van der Waals surface area contributed by atoms with Crippen LogP contribution in [0.4, 0.5) is 10.5 Å². The lowest BCUT2D eigenvalue weighted by atomic mass is 9.89. The van der Waals surface area contributed by atoms with Crippen LogP contribution in [0, 0.1) is 5.92 Å². The van der Waals surface area contributed by atoms with Crippen molar-refractivity contribution in [2.75, 3.05) is 32.1 Å². The summed E-state index contributed by atoms with van der Waals surface area (Å²) in [7, 11) is -1.42. The Morgan fingerprint density at radius 3 is 2.29 bits per heavy atom. The highest BCUT2D eigenvalue weighted by molar-refractivity contribution is 7.51. The molecule has 5 rings (SSSR count). The third kappa shape index (κ3) is 13.2. The van der Waals surface area contributed by atoms with Crippen molar-refractivity contribution in [2.45, 2.75) is 46.3 Å². The number of hydrogen-bond acceptors (Lipinski definition) is 12. The van der Waals surface area contributed by atoms with Crippen LogP contribution in [0.3, 0.4) is 0 Å². The van der Waals surface area contributed by atoms with Crippen LogP contribution < -0.4 is 20.4 Å². The summed E-state index contributed by atoms with van der Waals surface area (Å²) in [6.07, 6.45) is 2.87. The maximum absolute atomic E-state index is 12.1. The standard InChI is InChI=1S/C19H18ClN3O4.C15H19N3O3.C3H8NO5P/c1-25-19(24)23(26-2)17-6-4-3-5-14(17)13-27-18-11-12-22(21-18)16-9-7-15(20)8-10-16;1-5-9-6-10(13(19)20)11(16-7-9)12-17-14(21)15(4,18-12)8(2)3;5-3(6)1-4-2-10(7,8)9/h3-12H,13H2,1-2H3;6-8H,5H2,1-4H3,(H,19,20)(H,17,18,21);4H,1-2H2,(H,5,6)(H2,7,8,9). The van der Waals surface area contributed by atoms with Crippen LogP contribution in [0.2, 0.25) is 5.02 Å². The zero-order chi connectivity index (χ0) is 43.2. The number of hydroxylamine groups is 1. The number of pyridine rings is 1. The number of aliphatic carboxylic acids is 1. The summed E-state index contributed by atoms with van der Waals surface area (Å²) in [5.41, 5.74) is 2.34. The number of nitrogens with one attached hydrogen (secondary N) is 2. The molecule has 0 saturated heterocycles. The van der Waals surface area contributed by atoms with E-state index < -0.39 is 44.0 Å². The molecule has 1 aliphatic rings. The Balaban J connectivity index is 0.000000258. The smallest absolute Gasteiger partial charge is 0.438 e. The highest BCUT2D eigenvalue weighted by atomic mass is 35.5. The predicted molar refractivity (Wildman–Crippen MR) is 212 cm³/mol. The maximum Gasteiger partial charge on any atom is 0.438 e. The minimum atomic E-state index is -4.10. The summed E-state index contributed by atoms with van der Waals surface area (Å²) < 4.78 is 22.2. The van der Waals surface area contributed by atoms with Gasteiger partial charge in [0.15, 0.2) is 5.84 Å². The van der Waals surface area contributed by atoms with Gasteiger partial charge in [-0.25, -0.2) is 19.3 Å². The zero-order valence-electron chi connectivity index (χ0n) is 32.5. The highest BCUT2D eigenvalue weighted by Gasteiger charge is 2.43. The Kier molecular flexibility index (Phi) is 17.0. The summed E-state index contributed by atoms with van der Waals surface area (Å²) in [5.74, 6) is -1.78. The molecular formula is C37H45ClN7O12P. The van der Waals surface area contributed by atoms with Crippen molar-refractivity contribution in [2.24, 2.45) is 10.9 Å².